The number of aliphatic hydroxyl groups is 3. The average Bonchev–Trinajstić information content (AvgIpc) is 2.60. The van der Waals surface area contributed by atoms with Crippen molar-refractivity contribution in [2.24, 2.45) is 0 Å². The third kappa shape index (κ3) is 7.22. The van der Waals surface area contributed by atoms with Gasteiger partial charge in [0.25, 0.3) is 0 Å². The molecule has 5 nitrogen and oxygen atoms in total. The first-order chi connectivity index (χ1) is 11.1. The fourth-order valence-electron chi connectivity index (χ4n) is 1.61. The molecule has 0 saturated heterocycles. The number of ether oxygens (including phenoxy) is 1. The van der Waals surface area contributed by atoms with Gasteiger partial charge in [-0.15, -0.1) is 69.6 Å². The maximum Gasteiger partial charge on any atom is 0.330 e. The van der Waals surface area contributed by atoms with Crippen LogP contribution in [0.25, 0.3) is 0 Å². The molecule has 2 unspecified atom stereocenters. The number of carbonyl (C=O) groups excluding carboxylic acids is 1. The first-order valence-corrected chi connectivity index (χ1v) is 9.31. The van der Waals surface area contributed by atoms with Crippen LogP contribution in [0.5, 0.6) is 0 Å². The van der Waals surface area contributed by atoms with Crippen molar-refractivity contribution in [2.75, 3.05) is 13.2 Å². The summed E-state index contributed by atoms with van der Waals surface area (Å²) in [5, 5.41) is 23.4. The third-order valence-corrected chi connectivity index (χ3v) is 7.09. The van der Waals surface area contributed by atoms with Gasteiger partial charge >= 0.3 is 5.97 Å². The van der Waals surface area contributed by atoms with Gasteiger partial charge in [-0.05, 0) is 0 Å². The number of aliphatic hydroxyl groups excluding tert-OH is 3. The summed E-state index contributed by atoms with van der Waals surface area (Å²) in [4.78, 5) is 10.6. The van der Waals surface area contributed by atoms with Gasteiger partial charge in [-0.2, -0.15) is 0 Å². The zero-order chi connectivity index (χ0) is 19.0. The number of hydrogen-bond donors (Lipinski definition) is 3. The molecule has 142 valence electrons. The number of hydrogen-bond acceptors (Lipinski definition) is 5. The van der Waals surface area contributed by atoms with Crippen LogP contribution < -0.4 is 0 Å². The van der Waals surface area contributed by atoms with Gasteiger partial charge in [0.05, 0.1) is 45.5 Å². The molecule has 0 aromatic rings. The van der Waals surface area contributed by atoms with E-state index in [4.69, 9.17) is 84.9 Å². The summed E-state index contributed by atoms with van der Waals surface area (Å²) < 4.78 is 4.48. The van der Waals surface area contributed by atoms with Crippen molar-refractivity contribution < 1.29 is 24.9 Å². The molecule has 11 heteroatoms. The summed E-state index contributed by atoms with van der Waals surface area (Å²) in [6.45, 7) is 2.02. The van der Waals surface area contributed by atoms with Gasteiger partial charge in [0, 0.05) is 6.08 Å². The maximum atomic E-state index is 10.6. The fraction of sp³-hybridized carbons (Fsp3) is 0.769. The van der Waals surface area contributed by atoms with Crippen molar-refractivity contribution in [3.63, 3.8) is 0 Å². The normalized spacial score (nSPS) is 35.2. The second-order valence-electron chi connectivity index (χ2n) is 4.78. The van der Waals surface area contributed by atoms with Crippen LogP contribution in [0, 0.1) is 0 Å². The fourth-order valence-corrected chi connectivity index (χ4v) is 3.93. The Kier molecular flexibility index (Phi) is 12.7. The Morgan fingerprint density at radius 2 is 1.25 bits per heavy atom. The van der Waals surface area contributed by atoms with Gasteiger partial charge in [0.2, 0.25) is 0 Å². The first kappa shape index (κ1) is 24.8. The van der Waals surface area contributed by atoms with E-state index in [1.165, 1.54) is 0 Å². The number of carbonyl (C=O) groups is 1. The van der Waals surface area contributed by atoms with Gasteiger partial charge in [-0.25, -0.2) is 4.79 Å². The molecule has 1 aliphatic rings. The molecule has 0 aromatic heterocycles. The van der Waals surface area contributed by atoms with E-state index in [0.717, 1.165) is 6.08 Å². The van der Waals surface area contributed by atoms with E-state index in [2.05, 4.69) is 11.3 Å². The molecule has 0 amide bonds. The van der Waals surface area contributed by atoms with Crippen LogP contribution in [-0.2, 0) is 9.53 Å². The van der Waals surface area contributed by atoms with Gasteiger partial charge in [0.1, 0.15) is 6.10 Å². The lowest BCUT2D eigenvalue weighted by Crippen LogP contribution is -2.52. The standard InChI is InChI=1S/C7H12O5.C6H6Cl6/c1-2-7(11)12-6(4-9)5(10)3-8;7-1-2(8)4(10)6(12)5(11)3(1)9/h2,5-6,8-10H,1,3-4H2;1-6H. The molecule has 1 saturated carbocycles. The largest absolute Gasteiger partial charge is 0.454 e. The predicted molar refractivity (Wildman–Crippen MR) is 98.1 cm³/mol. The van der Waals surface area contributed by atoms with E-state index in [0.29, 0.717) is 0 Å². The van der Waals surface area contributed by atoms with E-state index in [9.17, 15) is 4.79 Å². The minimum absolute atomic E-state index is 0.437. The lowest BCUT2D eigenvalue weighted by Gasteiger charge is -2.37. The molecule has 0 radical (unpaired) electrons. The maximum absolute atomic E-state index is 10.6. The Labute approximate surface area is 170 Å². The summed E-state index contributed by atoms with van der Waals surface area (Å²) in [6.07, 6.45) is -1.45. The Bertz CT molecular complexity index is 343. The molecule has 0 aliphatic heterocycles. The first-order valence-electron chi connectivity index (χ1n) is 6.69. The minimum Gasteiger partial charge on any atom is -0.454 e. The van der Waals surface area contributed by atoms with Crippen LogP contribution in [0.4, 0.5) is 0 Å². The van der Waals surface area contributed by atoms with Crippen molar-refractivity contribution in [3.8, 4) is 0 Å². The molecule has 0 spiro atoms. The number of alkyl halides is 6. The van der Waals surface area contributed by atoms with Gasteiger partial charge in [-0.3, -0.25) is 0 Å². The van der Waals surface area contributed by atoms with E-state index < -0.39 is 63.7 Å². The SMILES string of the molecule is C=CC(=O)OC(CO)C(O)CO.ClC1C(Cl)C(Cl)C(Cl)C(Cl)C1Cl. The molecular formula is C13H18Cl6O5. The molecule has 1 rings (SSSR count). The lowest BCUT2D eigenvalue weighted by molar-refractivity contribution is -0.153. The molecule has 0 aromatic carbocycles. The average molecular weight is 467 g/mol. The molecule has 2 atom stereocenters. The predicted octanol–water partition coefficient (Wildman–Crippen LogP) is 2.07. The minimum atomic E-state index is -1.26. The van der Waals surface area contributed by atoms with Gasteiger partial charge in [-0.1, -0.05) is 6.58 Å². The number of rotatable bonds is 5. The molecule has 1 aliphatic carbocycles. The molecular weight excluding hydrogens is 449 g/mol. The second kappa shape index (κ2) is 12.3. The van der Waals surface area contributed by atoms with Crippen LogP contribution in [0.2, 0.25) is 0 Å². The van der Waals surface area contributed by atoms with E-state index in [1.54, 1.807) is 0 Å². The van der Waals surface area contributed by atoms with E-state index in [1.807, 2.05) is 0 Å². The highest BCUT2D eigenvalue weighted by Crippen LogP contribution is 2.39. The highest BCUT2D eigenvalue weighted by molar-refractivity contribution is 6.45. The third-order valence-electron chi connectivity index (χ3n) is 3.06. The second-order valence-corrected chi connectivity index (χ2v) is 7.80. The van der Waals surface area contributed by atoms with Crippen LogP contribution in [0.15, 0.2) is 12.7 Å². The summed E-state index contributed by atoms with van der Waals surface area (Å²) in [5.74, 6) is -0.749. The zero-order valence-corrected chi connectivity index (χ0v) is 16.8. The highest BCUT2D eigenvalue weighted by atomic mass is 35.5. The smallest absolute Gasteiger partial charge is 0.330 e. The topological polar surface area (TPSA) is 87.0 Å². The van der Waals surface area contributed by atoms with Gasteiger partial charge < -0.3 is 20.1 Å². The number of esters is 1. The van der Waals surface area contributed by atoms with Crippen molar-refractivity contribution >= 4 is 75.6 Å². The number of halogens is 6. The summed E-state index contributed by atoms with van der Waals surface area (Å²) in [5.41, 5.74) is 0. The quantitative estimate of drug-likeness (QED) is 0.328. The Morgan fingerprint density at radius 1 is 0.917 bits per heavy atom. The van der Waals surface area contributed by atoms with E-state index >= 15 is 0 Å². The van der Waals surface area contributed by atoms with Crippen LogP contribution in [-0.4, -0.2) is 79.0 Å². The molecule has 24 heavy (non-hydrogen) atoms. The molecule has 3 N–H and O–H groups in total. The van der Waals surface area contributed by atoms with Crippen molar-refractivity contribution in [2.45, 2.75) is 44.5 Å². The Hall–Kier alpha value is 0.830. The highest BCUT2D eigenvalue weighted by Gasteiger charge is 2.46. The van der Waals surface area contributed by atoms with Crippen molar-refractivity contribution in [3.05, 3.63) is 12.7 Å². The lowest BCUT2D eigenvalue weighted by atomic mass is 9.97. The molecule has 0 bridgehead atoms. The van der Waals surface area contributed by atoms with Gasteiger partial charge in [0.15, 0.2) is 6.10 Å². The zero-order valence-electron chi connectivity index (χ0n) is 12.2. The summed E-state index contributed by atoms with van der Waals surface area (Å²) >= 11 is 35.3. The Morgan fingerprint density at radius 3 is 1.46 bits per heavy atom. The van der Waals surface area contributed by atoms with Crippen LogP contribution in [0.1, 0.15) is 0 Å². The van der Waals surface area contributed by atoms with Crippen molar-refractivity contribution in [1.29, 1.82) is 0 Å². The molecule has 0 heterocycles. The Balaban J connectivity index is 0.000000441. The summed E-state index contributed by atoms with van der Waals surface area (Å²) in [7, 11) is 0. The van der Waals surface area contributed by atoms with Crippen molar-refractivity contribution in [1.82, 2.24) is 0 Å². The monoisotopic (exact) mass is 464 g/mol. The van der Waals surface area contributed by atoms with Crippen LogP contribution in [0.3, 0.4) is 0 Å². The molecule has 1 fully saturated rings. The summed E-state index contributed by atoms with van der Waals surface area (Å²) in [6, 6.07) is 0. The van der Waals surface area contributed by atoms with Crippen LogP contribution >= 0.6 is 69.6 Å². The van der Waals surface area contributed by atoms with E-state index in [-0.39, 0.29) is 0 Å².